The number of nitrogens with zero attached hydrogens (tertiary/aromatic N) is 2. The number of hydrogen-bond donors (Lipinski definition) is 1. The molecule has 0 saturated carbocycles. The van der Waals surface area contributed by atoms with Gasteiger partial charge < -0.3 is 19.7 Å². The zero-order valence-corrected chi connectivity index (χ0v) is 18.4. The molecule has 152 valence electrons. The molecule has 0 aromatic heterocycles. The highest BCUT2D eigenvalue weighted by molar-refractivity contribution is 14.0. The first-order valence-electron chi connectivity index (χ1n) is 8.97. The van der Waals surface area contributed by atoms with Gasteiger partial charge in [-0.25, -0.2) is 4.39 Å². The predicted molar refractivity (Wildman–Crippen MR) is 114 cm³/mol. The molecule has 1 N–H and O–H groups in total. The quantitative estimate of drug-likeness (QED) is 0.208. The van der Waals surface area contributed by atoms with Gasteiger partial charge in [0.1, 0.15) is 11.6 Å². The van der Waals surface area contributed by atoms with Crippen molar-refractivity contribution in [2.75, 3.05) is 40.4 Å². The van der Waals surface area contributed by atoms with Gasteiger partial charge >= 0.3 is 5.97 Å². The van der Waals surface area contributed by atoms with E-state index >= 15 is 0 Å². The first-order valence-corrected chi connectivity index (χ1v) is 8.97. The number of esters is 1. The van der Waals surface area contributed by atoms with Crippen LogP contribution in [0.25, 0.3) is 0 Å². The van der Waals surface area contributed by atoms with Crippen molar-refractivity contribution in [3.63, 3.8) is 0 Å². The van der Waals surface area contributed by atoms with Crippen molar-refractivity contribution >= 4 is 35.9 Å². The number of hydrogen-bond acceptors (Lipinski definition) is 4. The Balaban J connectivity index is 0.00000364. The van der Waals surface area contributed by atoms with E-state index in [1.54, 1.807) is 19.2 Å². The van der Waals surface area contributed by atoms with Crippen LogP contribution >= 0.6 is 24.0 Å². The lowest BCUT2D eigenvalue weighted by molar-refractivity contribution is -0.145. The number of methoxy groups -OCH3 is 1. The van der Waals surface area contributed by atoms with Gasteiger partial charge in [-0.3, -0.25) is 9.79 Å². The minimum atomic E-state index is -0.265. The molecule has 1 aliphatic heterocycles. The summed E-state index contributed by atoms with van der Waals surface area (Å²) in [6, 6.07) is 6.03. The Morgan fingerprint density at radius 2 is 2.00 bits per heavy atom. The van der Waals surface area contributed by atoms with E-state index in [0.717, 1.165) is 31.9 Å². The molecule has 0 radical (unpaired) electrons. The molecule has 0 bridgehead atoms. The van der Waals surface area contributed by atoms with Crippen molar-refractivity contribution in [1.82, 2.24) is 10.2 Å². The lowest BCUT2D eigenvalue weighted by atomic mass is 9.99. The molecule has 1 aromatic rings. The Morgan fingerprint density at radius 1 is 1.30 bits per heavy atom. The summed E-state index contributed by atoms with van der Waals surface area (Å²) in [5.41, 5.74) is 0. The number of nitrogens with one attached hydrogen (secondary N) is 1. The van der Waals surface area contributed by atoms with E-state index in [4.69, 9.17) is 9.47 Å². The normalized spacial score (nSPS) is 19.4. The summed E-state index contributed by atoms with van der Waals surface area (Å²) >= 11 is 0. The van der Waals surface area contributed by atoms with E-state index in [0.29, 0.717) is 18.9 Å². The van der Waals surface area contributed by atoms with Gasteiger partial charge in [0.15, 0.2) is 5.96 Å². The van der Waals surface area contributed by atoms with Gasteiger partial charge in [-0.05, 0) is 43.0 Å². The first kappa shape index (κ1) is 23.5. The van der Waals surface area contributed by atoms with Gasteiger partial charge in [0, 0.05) is 26.7 Å². The van der Waals surface area contributed by atoms with Crippen LogP contribution in [0.5, 0.6) is 5.75 Å². The smallest absolute Gasteiger partial charge is 0.310 e. The van der Waals surface area contributed by atoms with Gasteiger partial charge in [0.25, 0.3) is 0 Å². The number of aliphatic imine (C=N–C) groups is 1. The molecule has 0 spiro atoms. The zero-order valence-electron chi connectivity index (χ0n) is 16.1. The summed E-state index contributed by atoms with van der Waals surface area (Å²) in [6.07, 6.45) is 1.80. The van der Waals surface area contributed by atoms with Crippen LogP contribution in [-0.2, 0) is 9.53 Å². The summed E-state index contributed by atoms with van der Waals surface area (Å²) in [7, 11) is 3.18. The number of carbonyl (C=O) groups excluding carboxylic acids is 1. The Bertz CT molecular complexity index is 613. The van der Waals surface area contributed by atoms with Crippen LogP contribution < -0.4 is 10.1 Å². The fourth-order valence-electron chi connectivity index (χ4n) is 3.08. The minimum Gasteiger partial charge on any atom is -0.494 e. The van der Waals surface area contributed by atoms with E-state index in [1.807, 2.05) is 0 Å². The van der Waals surface area contributed by atoms with Crippen molar-refractivity contribution in [2.24, 2.45) is 16.8 Å². The number of carbonyl (C=O) groups is 1. The van der Waals surface area contributed by atoms with E-state index < -0.39 is 0 Å². The number of halogens is 2. The van der Waals surface area contributed by atoms with E-state index in [9.17, 15) is 9.18 Å². The number of rotatable bonds is 7. The second-order valence-corrected chi connectivity index (χ2v) is 6.50. The monoisotopic (exact) mass is 493 g/mol. The van der Waals surface area contributed by atoms with Gasteiger partial charge in [-0.15, -0.1) is 24.0 Å². The van der Waals surface area contributed by atoms with Gasteiger partial charge in [-0.2, -0.15) is 0 Å². The fraction of sp³-hybridized carbons (Fsp3) is 0.579. The number of guanidine groups is 1. The average Bonchev–Trinajstić information content (AvgIpc) is 3.03. The third-order valence-corrected chi connectivity index (χ3v) is 4.56. The van der Waals surface area contributed by atoms with Gasteiger partial charge in [0.2, 0.25) is 0 Å². The van der Waals surface area contributed by atoms with Gasteiger partial charge in [0.05, 0.1) is 19.6 Å². The Kier molecular flexibility index (Phi) is 10.4. The maximum atomic E-state index is 12.8. The molecule has 8 heteroatoms. The Morgan fingerprint density at radius 3 is 2.63 bits per heavy atom. The molecule has 1 fully saturated rings. The molecule has 27 heavy (non-hydrogen) atoms. The number of likely N-dealkylation sites (tertiary alicyclic amines) is 1. The van der Waals surface area contributed by atoms with E-state index in [-0.39, 0.29) is 47.6 Å². The molecule has 0 amide bonds. The topological polar surface area (TPSA) is 63.2 Å². The van der Waals surface area contributed by atoms with Crippen molar-refractivity contribution in [3.8, 4) is 5.75 Å². The molecular formula is C19H29FIN3O3. The molecule has 1 aromatic carbocycles. The maximum absolute atomic E-state index is 12.8. The number of benzene rings is 1. The highest BCUT2D eigenvalue weighted by Gasteiger charge is 2.36. The SMILES string of the molecule is CN=C(NCCCCOc1ccc(F)cc1)N1CC(C)C(C(=O)OC)C1.I. The van der Waals surface area contributed by atoms with Crippen LogP contribution in [0, 0.1) is 17.7 Å². The minimum absolute atomic E-state index is 0. The van der Waals surface area contributed by atoms with Crippen molar-refractivity contribution in [3.05, 3.63) is 30.1 Å². The van der Waals surface area contributed by atoms with E-state index in [2.05, 4.69) is 22.1 Å². The maximum Gasteiger partial charge on any atom is 0.310 e. The number of unbranched alkanes of at least 4 members (excludes halogenated alkanes) is 1. The Labute approximate surface area is 177 Å². The lowest BCUT2D eigenvalue weighted by Crippen LogP contribution is -2.41. The summed E-state index contributed by atoms with van der Waals surface area (Å²) in [4.78, 5) is 18.2. The van der Waals surface area contributed by atoms with Crippen LogP contribution in [0.3, 0.4) is 0 Å². The van der Waals surface area contributed by atoms with E-state index in [1.165, 1.54) is 19.2 Å². The first-order chi connectivity index (χ1) is 12.5. The lowest BCUT2D eigenvalue weighted by Gasteiger charge is -2.21. The van der Waals surface area contributed by atoms with Crippen LogP contribution in [0.4, 0.5) is 4.39 Å². The van der Waals surface area contributed by atoms with Gasteiger partial charge in [-0.1, -0.05) is 6.92 Å². The summed E-state index contributed by atoms with van der Waals surface area (Å²) in [6.45, 7) is 4.82. The molecule has 2 unspecified atom stereocenters. The van der Waals surface area contributed by atoms with Crippen molar-refractivity contribution in [1.29, 1.82) is 0 Å². The molecular weight excluding hydrogens is 464 g/mol. The summed E-state index contributed by atoms with van der Waals surface area (Å²) in [5, 5.41) is 3.33. The summed E-state index contributed by atoms with van der Waals surface area (Å²) < 4.78 is 23.3. The third-order valence-electron chi connectivity index (χ3n) is 4.56. The van der Waals surface area contributed by atoms with Crippen molar-refractivity contribution in [2.45, 2.75) is 19.8 Å². The molecule has 6 nitrogen and oxygen atoms in total. The van der Waals surface area contributed by atoms with Crippen LogP contribution in [0.2, 0.25) is 0 Å². The molecule has 1 heterocycles. The molecule has 2 rings (SSSR count). The molecule has 2 atom stereocenters. The third kappa shape index (κ3) is 7.15. The highest BCUT2D eigenvalue weighted by atomic mass is 127. The van der Waals surface area contributed by atoms with Crippen molar-refractivity contribution < 1.29 is 18.7 Å². The highest BCUT2D eigenvalue weighted by Crippen LogP contribution is 2.24. The largest absolute Gasteiger partial charge is 0.494 e. The molecule has 1 aliphatic rings. The fourth-order valence-corrected chi connectivity index (χ4v) is 3.08. The Hall–Kier alpha value is -1.58. The molecule has 0 aliphatic carbocycles. The number of ether oxygens (including phenoxy) is 2. The van der Waals surface area contributed by atoms with Crippen LogP contribution in [-0.4, -0.2) is 57.2 Å². The standard InChI is InChI=1S/C19H28FN3O3.HI/c1-14-12-23(13-17(14)18(24)25-3)19(21-2)22-10-4-5-11-26-16-8-6-15(20)7-9-16;/h6-9,14,17H,4-5,10-13H2,1-3H3,(H,21,22);1H. The summed E-state index contributed by atoms with van der Waals surface area (Å²) in [5.74, 6) is 1.19. The van der Waals surface area contributed by atoms with Crippen LogP contribution in [0.15, 0.2) is 29.3 Å². The average molecular weight is 493 g/mol. The second kappa shape index (κ2) is 12.0. The predicted octanol–water partition coefficient (Wildman–Crippen LogP) is 2.92. The molecule has 1 saturated heterocycles. The second-order valence-electron chi connectivity index (χ2n) is 6.50. The van der Waals surface area contributed by atoms with Crippen LogP contribution in [0.1, 0.15) is 19.8 Å². The zero-order chi connectivity index (χ0) is 18.9.